The van der Waals surface area contributed by atoms with Gasteiger partial charge < -0.3 is 5.11 Å². The van der Waals surface area contributed by atoms with Gasteiger partial charge in [0.1, 0.15) is 0 Å². The van der Waals surface area contributed by atoms with Crippen LogP contribution in [0.3, 0.4) is 0 Å². The fourth-order valence-electron chi connectivity index (χ4n) is 2.28. The molecule has 142 valence electrons. The molecule has 0 saturated carbocycles. The number of carboxylic acid groups (broad SMARTS) is 1. The molecule has 0 aliphatic heterocycles. The van der Waals surface area contributed by atoms with Crippen LogP contribution in [-0.2, 0) is 11.2 Å². The molecule has 0 spiro atoms. The fourth-order valence-corrected chi connectivity index (χ4v) is 3.23. The van der Waals surface area contributed by atoms with E-state index in [9.17, 15) is 4.79 Å². The van der Waals surface area contributed by atoms with E-state index in [0.717, 1.165) is 21.0 Å². The van der Waals surface area contributed by atoms with Crippen molar-refractivity contribution in [3.8, 4) is 0 Å². The normalized spacial score (nSPS) is 11.1. The van der Waals surface area contributed by atoms with E-state index in [1.807, 2.05) is 71.2 Å². The summed E-state index contributed by atoms with van der Waals surface area (Å²) < 4.78 is 2.07. The average Bonchev–Trinajstić information content (AvgIpc) is 3.01. The Morgan fingerprint density at radius 1 is 1.19 bits per heavy atom. The van der Waals surface area contributed by atoms with Crippen LogP contribution in [0.25, 0.3) is 12.2 Å². The molecule has 2 aromatic rings. The van der Waals surface area contributed by atoms with Crippen molar-refractivity contribution in [1.29, 1.82) is 0 Å². The number of carboxylic acids is 1. The minimum atomic E-state index is -0.778. The van der Waals surface area contributed by atoms with Gasteiger partial charge in [0.15, 0.2) is 0 Å². The lowest BCUT2D eigenvalue weighted by atomic mass is 10.1. The minimum Gasteiger partial charge on any atom is -0.481 e. The van der Waals surface area contributed by atoms with Crippen molar-refractivity contribution >= 4 is 30.1 Å². The molecule has 0 saturated heterocycles. The Morgan fingerprint density at radius 2 is 1.81 bits per heavy atom. The Kier molecular flexibility index (Phi) is 12.8. The number of nitrogens with zero attached hydrogens (tertiary/aromatic N) is 1. The highest BCUT2D eigenvalue weighted by Crippen LogP contribution is 2.18. The number of aliphatic carboxylic acids is 1. The van der Waals surface area contributed by atoms with Gasteiger partial charge in [-0.1, -0.05) is 64.6 Å². The van der Waals surface area contributed by atoms with Crippen molar-refractivity contribution in [2.45, 2.75) is 52.4 Å². The Hall–Kier alpha value is -2.20. The molecule has 0 bridgehead atoms. The first kappa shape index (κ1) is 23.8. The first-order chi connectivity index (χ1) is 12.7. The van der Waals surface area contributed by atoms with E-state index in [2.05, 4.69) is 22.7 Å². The monoisotopic (exact) mass is 373 g/mol. The van der Waals surface area contributed by atoms with Gasteiger partial charge in [-0.3, -0.25) is 8.77 Å². The van der Waals surface area contributed by atoms with Gasteiger partial charge in [0.05, 0.1) is 5.35 Å². The van der Waals surface area contributed by atoms with Crippen LogP contribution in [0.1, 0.15) is 46.6 Å². The van der Waals surface area contributed by atoms with E-state index < -0.39 is 5.97 Å². The summed E-state index contributed by atoms with van der Waals surface area (Å²) in [5, 5.41) is 11.0. The highest BCUT2D eigenvalue weighted by atomic mass is 32.2. The van der Waals surface area contributed by atoms with E-state index >= 15 is 0 Å². The SMILES string of the molecule is C=C/C=c1\c(=C/C)c(CCC(=O)O)cn1Sc1ccccc1.CC.CC. The fraction of sp³-hybridized carbons (Fsp3) is 0.318. The van der Waals surface area contributed by atoms with Gasteiger partial charge in [-0.15, -0.1) is 0 Å². The molecule has 0 aliphatic rings. The second kappa shape index (κ2) is 14.0. The van der Waals surface area contributed by atoms with Crippen LogP contribution in [0.5, 0.6) is 0 Å². The lowest BCUT2D eigenvalue weighted by Crippen LogP contribution is -2.28. The summed E-state index contributed by atoms with van der Waals surface area (Å²) in [6.45, 7) is 13.7. The molecule has 1 N–H and O–H groups in total. The van der Waals surface area contributed by atoms with Gasteiger partial charge in [-0.05, 0) is 54.3 Å². The van der Waals surface area contributed by atoms with Crippen LogP contribution in [0, 0.1) is 0 Å². The number of hydrogen-bond acceptors (Lipinski definition) is 2. The van der Waals surface area contributed by atoms with Crippen molar-refractivity contribution in [1.82, 2.24) is 3.97 Å². The predicted octanol–water partition coefficient (Wildman–Crippen LogP) is 4.88. The van der Waals surface area contributed by atoms with Crippen molar-refractivity contribution in [2.75, 3.05) is 0 Å². The highest BCUT2D eigenvalue weighted by Gasteiger charge is 2.08. The van der Waals surface area contributed by atoms with Crippen LogP contribution >= 0.6 is 11.9 Å². The third-order valence-corrected chi connectivity index (χ3v) is 4.23. The standard InChI is InChI=1S/C18H19NO2S.2C2H6/c1-3-8-17-16(4-2)14(11-12-18(20)21)13-19(17)22-15-9-6-5-7-10-15;2*1-2/h3-10,13H,1,11-12H2,2H3,(H,20,21);2*1-2H3/b16-4-,17-8+;;. The quantitative estimate of drug-likeness (QED) is 0.785. The summed E-state index contributed by atoms with van der Waals surface area (Å²) in [5.41, 5.74) is 1.04. The number of allylic oxidation sites excluding steroid dienone is 1. The molecule has 1 aromatic carbocycles. The maximum absolute atomic E-state index is 10.8. The highest BCUT2D eigenvalue weighted by molar-refractivity contribution is 7.97. The molecule has 26 heavy (non-hydrogen) atoms. The minimum absolute atomic E-state index is 0.133. The second-order valence-electron chi connectivity index (χ2n) is 4.77. The molecule has 0 radical (unpaired) electrons. The predicted molar refractivity (Wildman–Crippen MR) is 115 cm³/mol. The smallest absolute Gasteiger partial charge is 0.303 e. The molecule has 0 atom stereocenters. The molecule has 0 fully saturated rings. The molecule has 1 aromatic heterocycles. The van der Waals surface area contributed by atoms with Crippen molar-refractivity contribution in [3.63, 3.8) is 0 Å². The maximum Gasteiger partial charge on any atom is 0.303 e. The summed E-state index contributed by atoms with van der Waals surface area (Å²) in [5.74, 6) is -0.778. The second-order valence-corrected chi connectivity index (χ2v) is 5.82. The third kappa shape index (κ3) is 7.36. The lowest BCUT2D eigenvalue weighted by molar-refractivity contribution is -0.136. The molecular weight excluding hydrogens is 342 g/mol. The third-order valence-electron chi connectivity index (χ3n) is 3.25. The largest absolute Gasteiger partial charge is 0.481 e. The van der Waals surface area contributed by atoms with E-state index in [4.69, 9.17) is 5.11 Å². The number of rotatable bonds is 6. The zero-order chi connectivity index (χ0) is 19.9. The molecular formula is C22H31NO2S. The van der Waals surface area contributed by atoms with E-state index in [-0.39, 0.29) is 6.42 Å². The number of aromatic nitrogens is 1. The first-order valence-electron chi connectivity index (χ1n) is 9.10. The van der Waals surface area contributed by atoms with Gasteiger partial charge in [0, 0.05) is 17.5 Å². The van der Waals surface area contributed by atoms with E-state index in [0.29, 0.717) is 6.42 Å². The van der Waals surface area contributed by atoms with E-state index in [1.54, 1.807) is 18.0 Å². The molecule has 3 nitrogen and oxygen atoms in total. The van der Waals surface area contributed by atoms with Gasteiger partial charge in [0.2, 0.25) is 0 Å². The molecule has 0 aliphatic carbocycles. The molecule has 4 heteroatoms. The number of benzene rings is 1. The summed E-state index contributed by atoms with van der Waals surface area (Å²) in [7, 11) is 0. The summed E-state index contributed by atoms with van der Waals surface area (Å²) >= 11 is 1.61. The van der Waals surface area contributed by atoms with E-state index in [1.165, 1.54) is 0 Å². The van der Waals surface area contributed by atoms with Crippen LogP contribution in [-0.4, -0.2) is 15.0 Å². The molecule has 0 amide bonds. The summed E-state index contributed by atoms with van der Waals surface area (Å²) in [6, 6.07) is 10.1. The number of hydrogen-bond donors (Lipinski definition) is 1. The van der Waals surface area contributed by atoms with Gasteiger partial charge in [-0.2, -0.15) is 0 Å². The Labute approximate surface area is 161 Å². The van der Waals surface area contributed by atoms with Crippen molar-refractivity contribution in [3.05, 3.63) is 65.3 Å². The maximum atomic E-state index is 10.8. The Balaban J connectivity index is 0.00000146. The Bertz CT molecular complexity index is 776. The van der Waals surface area contributed by atoms with Crippen molar-refractivity contribution < 1.29 is 9.90 Å². The topological polar surface area (TPSA) is 42.2 Å². The van der Waals surface area contributed by atoms with Crippen LogP contribution in [0.2, 0.25) is 0 Å². The summed E-state index contributed by atoms with van der Waals surface area (Å²) in [6.07, 6.45) is 8.41. The molecule has 1 heterocycles. The van der Waals surface area contributed by atoms with Crippen molar-refractivity contribution in [2.24, 2.45) is 0 Å². The lowest BCUT2D eigenvalue weighted by Gasteiger charge is -2.02. The Morgan fingerprint density at radius 3 is 2.31 bits per heavy atom. The summed E-state index contributed by atoms with van der Waals surface area (Å²) in [4.78, 5) is 12.0. The zero-order valence-corrected chi connectivity index (χ0v) is 17.3. The van der Waals surface area contributed by atoms with Crippen LogP contribution in [0.4, 0.5) is 0 Å². The van der Waals surface area contributed by atoms with Crippen LogP contribution < -0.4 is 10.6 Å². The zero-order valence-electron chi connectivity index (χ0n) is 16.5. The van der Waals surface area contributed by atoms with Gasteiger partial charge in [-0.25, -0.2) is 0 Å². The number of carbonyl (C=O) groups is 1. The molecule has 2 rings (SSSR count). The van der Waals surface area contributed by atoms with Gasteiger partial charge in [0.25, 0.3) is 0 Å². The average molecular weight is 374 g/mol. The molecule has 0 unspecified atom stereocenters. The van der Waals surface area contributed by atoms with Gasteiger partial charge >= 0.3 is 5.97 Å². The first-order valence-corrected chi connectivity index (χ1v) is 9.87. The number of aryl methyl sites for hydroxylation is 1. The van der Waals surface area contributed by atoms with Crippen LogP contribution in [0.15, 0.2) is 54.1 Å².